The molecule has 4 amide bonds. The summed E-state index contributed by atoms with van der Waals surface area (Å²) in [7, 11) is 0. The first-order valence-corrected chi connectivity index (χ1v) is 7.96. The van der Waals surface area contributed by atoms with Crippen LogP contribution in [-0.2, 0) is 16.0 Å². The SMILES string of the molecule is O=C1CN(CC(=O)NC(Cc2ccncc2)C2CC(O)C2)C(=O)N1. The minimum absolute atomic E-state index is 0.0938. The summed E-state index contributed by atoms with van der Waals surface area (Å²) in [6.45, 7) is -0.247. The first-order valence-electron chi connectivity index (χ1n) is 7.96. The third-order valence-corrected chi connectivity index (χ3v) is 4.47. The van der Waals surface area contributed by atoms with Crippen LogP contribution in [0.2, 0.25) is 0 Å². The summed E-state index contributed by atoms with van der Waals surface area (Å²) < 4.78 is 0. The van der Waals surface area contributed by atoms with Gasteiger partial charge in [-0.15, -0.1) is 0 Å². The smallest absolute Gasteiger partial charge is 0.325 e. The molecule has 24 heavy (non-hydrogen) atoms. The fourth-order valence-electron chi connectivity index (χ4n) is 3.10. The molecule has 8 nitrogen and oxygen atoms in total. The molecule has 1 saturated carbocycles. The van der Waals surface area contributed by atoms with E-state index >= 15 is 0 Å². The number of hydrogen-bond acceptors (Lipinski definition) is 5. The Morgan fingerprint density at radius 1 is 1.38 bits per heavy atom. The molecule has 1 aromatic rings. The van der Waals surface area contributed by atoms with Gasteiger partial charge in [0.15, 0.2) is 0 Å². The largest absolute Gasteiger partial charge is 0.393 e. The van der Waals surface area contributed by atoms with E-state index in [0.717, 1.165) is 5.56 Å². The number of nitrogens with one attached hydrogen (secondary N) is 2. The Morgan fingerprint density at radius 2 is 2.08 bits per heavy atom. The van der Waals surface area contributed by atoms with Gasteiger partial charge in [0.2, 0.25) is 11.8 Å². The number of aromatic nitrogens is 1. The van der Waals surface area contributed by atoms with Crippen LogP contribution in [0.25, 0.3) is 0 Å². The van der Waals surface area contributed by atoms with Crippen LogP contribution < -0.4 is 10.6 Å². The van der Waals surface area contributed by atoms with Crippen LogP contribution in [0.3, 0.4) is 0 Å². The van der Waals surface area contributed by atoms with Gasteiger partial charge in [0, 0.05) is 18.4 Å². The number of rotatable bonds is 6. The summed E-state index contributed by atoms with van der Waals surface area (Å²) >= 11 is 0. The standard InChI is InChI=1S/C16H20N4O4/c21-12-6-11(7-12)13(5-10-1-3-17-4-2-10)18-14(22)8-20-9-15(23)19-16(20)24/h1-4,11-13,21H,5-9H2,(H,18,22)(H,19,23,24). The Balaban J connectivity index is 1.59. The molecule has 128 valence electrons. The highest BCUT2D eigenvalue weighted by Crippen LogP contribution is 2.31. The van der Waals surface area contributed by atoms with Crippen LogP contribution in [-0.4, -0.2) is 58.1 Å². The van der Waals surface area contributed by atoms with Crippen LogP contribution in [0, 0.1) is 5.92 Å². The second-order valence-electron chi connectivity index (χ2n) is 6.33. The van der Waals surface area contributed by atoms with Gasteiger partial charge >= 0.3 is 6.03 Å². The van der Waals surface area contributed by atoms with Gasteiger partial charge in [-0.1, -0.05) is 0 Å². The Bertz CT molecular complexity index is 630. The summed E-state index contributed by atoms with van der Waals surface area (Å²) in [4.78, 5) is 40.1. The van der Waals surface area contributed by atoms with Gasteiger partial charge in [-0.05, 0) is 42.9 Å². The lowest BCUT2D eigenvalue weighted by Gasteiger charge is -2.38. The minimum Gasteiger partial charge on any atom is -0.393 e. The molecule has 1 saturated heterocycles. The van der Waals surface area contributed by atoms with Crippen molar-refractivity contribution >= 4 is 17.8 Å². The predicted octanol–water partition coefficient (Wildman–Crippen LogP) is -0.568. The van der Waals surface area contributed by atoms with E-state index < -0.39 is 11.9 Å². The van der Waals surface area contributed by atoms with Crippen LogP contribution in [0.15, 0.2) is 24.5 Å². The molecule has 0 radical (unpaired) electrons. The van der Waals surface area contributed by atoms with Crippen molar-refractivity contribution in [3.05, 3.63) is 30.1 Å². The van der Waals surface area contributed by atoms with Crippen molar-refractivity contribution in [2.45, 2.75) is 31.4 Å². The van der Waals surface area contributed by atoms with Crippen molar-refractivity contribution in [1.29, 1.82) is 0 Å². The molecule has 8 heteroatoms. The van der Waals surface area contributed by atoms with Gasteiger partial charge in [-0.2, -0.15) is 0 Å². The lowest BCUT2D eigenvalue weighted by molar-refractivity contribution is -0.123. The average molecular weight is 332 g/mol. The van der Waals surface area contributed by atoms with E-state index in [0.29, 0.717) is 19.3 Å². The van der Waals surface area contributed by atoms with Gasteiger partial charge in [-0.3, -0.25) is 19.9 Å². The number of imide groups is 1. The zero-order valence-corrected chi connectivity index (χ0v) is 13.1. The van der Waals surface area contributed by atoms with Crippen molar-refractivity contribution < 1.29 is 19.5 Å². The molecule has 1 aliphatic carbocycles. The van der Waals surface area contributed by atoms with Crippen LogP contribution in [0.5, 0.6) is 0 Å². The van der Waals surface area contributed by atoms with Crippen LogP contribution in [0.1, 0.15) is 18.4 Å². The minimum atomic E-state index is -0.542. The molecule has 1 aliphatic heterocycles. The molecule has 2 heterocycles. The van der Waals surface area contributed by atoms with Gasteiger partial charge in [0.05, 0.1) is 6.10 Å². The molecule has 1 unspecified atom stereocenters. The molecule has 1 atom stereocenters. The Labute approximate surface area is 139 Å². The van der Waals surface area contributed by atoms with E-state index in [1.165, 1.54) is 4.90 Å². The van der Waals surface area contributed by atoms with Gasteiger partial charge in [0.25, 0.3) is 0 Å². The monoisotopic (exact) mass is 332 g/mol. The highest BCUT2D eigenvalue weighted by molar-refractivity contribution is 6.03. The molecular formula is C16H20N4O4. The van der Waals surface area contributed by atoms with Crippen LogP contribution in [0.4, 0.5) is 4.79 Å². The molecule has 0 spiro atoms. The van der Waals surface area contributed by atoms with Gasteiger partial charge in [-0.25, -0.2) is 4.79 Å². The van der Waals surface area contributed by atoms with Crippen LogP contribution >= 0.6 is 0 Å². The van der Waals surface area contributed by atoms with Crippen molar-refractivity contribution in [2.75, 3.05) is 13.1 Å². The third kappa shape index (κ3) is 3.88. The molecular weight excluding hydrogens is 312 g/mol. The highest BCUT2D eigenvalue weighted by atomic mass is 16.3. The fraction of sp³-hybridized carbons (Fsp3) is 0.500. The van der Waals surface area contributed by atoms with Crippen molar-refractivity contribution in [2.24, 2.45) is 5.92 Å². The highest BCUT2D eigenvalue weighted by Gasteiger charge is 2.35. The van der Waals surface area contributed by atoms with E-state index in [9.17, 15) is 19.5 Å². The molecule has 0 bridgehead atoms. The summed E-state index contributed by atoms with van der Waals surface area (Å²) in [5.74, 6) is -0.505. The van der Waals surface area contributed by atoms with E-state index in [4.69, 9.17) is 0 Å². The zero-order chi connectivity index (χ0) is 17.1. The first kappa shape index (κ1) is 16.4. The predicted molar refractivity (Wildman–Crippen MR) is 83.7 cm³/mol. The number of carbonyl (C=O) groups excluding carboxylic acids is 3. The third-order valence-electron chi connectivity index (χ3n) is 4.47. The normalized spacial score (nSPS) is 24.3. The van der Waals surface area contributed by atoms with Gasteiger partial charge in [0.1, 0.15) is 13.1 Å². The average Bonchev–Trinajstić information content (AvgIpc) is 2.82. The molecule has 2 aliphatic rings. The maximum atomic E-state index is 12.3. The molecule has 2 fully saturated rings. The number of hydrogen-bond donors (Lipinski definition) is 3. The Kier molecular flexibility index (Phi) is 4.75. The zero-order valence-electron chi connectivity index (χ0n) is 13.1. The van der Waals surface area contributed by atoms with Gasteiger partial charge < -0.3 is 15.3 Å². The molecule has 1 aromatic heterocycles. The fourth-order valence-corrected chi connectivity index (χ4v) is 3.10. The summed E-state index contributed by atoms with van der Waals surface area (Å²) in [6, 6.07) is 3.12. The second kappa shape index (κ2) is 6.96. The first-order chi connectivity index (χ1) is 11.5. The number of carbonyl (C=O) groups is 3. The quantitative estimate of drug-likeness (QED) is 0.604. The van der Waals surface area contributed by atoms with E-state index in [-0.39, 0.29) is 37.1 Å². The topological polar surface area (TPSA) is 112 Å². The number of aliphatic hydroxyl groups is 1. The van der Waals surface area contributed by atoms with E-state index in [2.05, 4.69) is 15.6 Å². The molecule has 0 aromatic carbocycles. The second-order valence-corrected chi connectivity index (χ2v) is 6.33. The summed E-state index contributed by atoms with van der Waals surface area (Å²) in [5, 5.41) is 14.6. The number of aliphatic hydroxyl groups excluding tert-OH is 1. The number of amides is 4. The number of nitrogens with zero attached hydrogens (tertiary/aromatic N) is 2. The lowest BCUT2D eigenvalue weighted by atomic mass is 9.75. The Hall–Kier alpha value is -2.48. The van der Waals surface area contributed by atoms with E-state index in [1.807, 2.05) is 12.1 Å². The molecule has 3 N–H and O–H groups in total. The number of pyridine rings is 1. The molecule has 3 rings (SSSR count). The van der Waals surface area contributed by atoms with Crippen molar-refractivity contribution in [3.8, 4) is 0 Å². The summed E-state index contributed by atoms with van der Waals surface area (Å²) in [5.41, 5.74) is 1.05. The van der Waals surface area contributed by atoms with E-state index in [1.54, 1.807) is 12.4 Å². The maximum absolute atomic E-state index is 12.3. The Morgan fingerprint density at radius 3 is 2.67 bits per heavy atom. The number of urea groups is 1. The maximum Gasteiger partial charge on any atom is 0.325 e. The lowest BCUT2D eigenvalue weighted by Crippen LogP contribution is -2.50. The van der Waals surface area contributed by atoms with Crippen molar-refractivity contribution in [1.82, 2.24) is 20.5 Å². The summed E-state index contributed by atoms with van der Waals surface area (Å²) in [6.07, 6.45) is 5.02. The van der Waals surface area contributed by atoms with Crippen molar-refractivity contribution in [3.63, 3.8) is 0 Å².